The van der Waals surface area contributed by atoms with Crippen molar-refractivity contribution in [2.45, 2.75) is 12.8 Å². The fourth-order valence-corrected chi connectivity index (χ4v) is 3.56. The smallest absolute Gasteiger partial charge is 0.222 e. The summed E-state index contributed by atoms with van der Waals surface area (Å²) in [5.74, 6) is 0.561. The molecule has 0 bridgehead atoms. The molecule has 0 saturated heterocycles. The van der Waals surface area contributed by atoms with Crippen LogP contribution in [0.1, 0.15) is 10.6 Å². The number of hydrogen-bond acceptors (Lipinski definition) is 4. The number of halogens is 2. The van der Waals surface area contributed by atoms with Gasteiger partial charge in [-0.05, 0) is 53.0 Å². The van der Waals surface area contributed by atoms with Crippen LogP contribution in [0.4, 0.5) is 0 Å². The first kappa shape index (κ1) is 15.5. The van der Waals surface area contributed by atoms with Gasteiger partial charge < -0.3 is 4.74 Å². The maximum absolute atomic E-state index is 5.95. The quantitative estimate of drug-likeness (QED) is 0.675. The highest BCUT2D eigenvalue weighted by molar-refractivity contribution is 9.10. The lowest BCUT2D eigenvalue weighted by atomic mass is 10.1. The third-order valence-corrected chi connectivity index (χ3v) is 4.91. The molecule has 0 aliphatic heterocycles. The Bertz CT molecular complexity index is 787. The monoisotopic (exact) mass is 397 g/mol. The molecule has 4 nitrogen and oxygen atoms in total. The first-order chi connectivity index (χ1) is 10.7. The van der Waals surface area contributed by atoms with Crippen LogP contribution >= 0.6 is 38.9 Å². The molecule has 22 heavy (non-hydrogen) atoms. The fraction of sp³-hybridized carbons (Fsp3) is 0.200. The second kappa shape index (κ2) is 6.81. The van der Waals surface area contributed by atoms with Crippen LogP contribution in [0.3, 0.4) is 0 Å². The Morgan fingerprint density at radius 1 is 1.32 bits per heavy atom. The molecule has 0 aliphatic rings. The number of rotatable bonds is 5. The lowest BCUT2D eigenvalue weighted by Crippen LogP contribution is -1.91. The molecule has 3 aromatic rings. The molecule has 0 aromatic carbocycles. The molecule has 1 N–H and O–H groups in total. The minimum atomic E-state index is 0.561. The SMILES string of the molecule is COc1ncc(Br)cc1-c1cc(CCc2ccc(Cl)s2)[nH]n1. The second-order valence-corrected chi connectivity index (χ2v) is 7.41. The number of aromatic amines is 1. The number of aromatic nitrogens is 3. The van der Waals surface area contributed by atoms with Crippen LogP contribution in [0.2, 0.25) is 4.34 Å². The van der Waals surface area contributed by atoms with Gasteiger partial charge >= 0.3 is 0 Å². The molecular formula is C15H13BrClN3OS. The van der Waals surface area contributed by atoms with E-state index < -0.39 is 0 Å². The third kappa shape index (κ3) is 3.51. The topological polar surface area (TPSA) is 50.8 Å². The third-order valence-electron chi connectivity index (χ3n) is 3.19. The number of methoxy groups -OCH3 is 1. The van der Waals surface area contributed by atoms with Crippen molar-refractivity contribution in [2.24, 2.45) is 0 Å². The average molecular weight is 399 g/mol. The summed E-state index contributed by atoms with van der Waals surface area (Å²) in [7, 11) is 1.60. The maximum Gasteiger partial charge on any atom is 0.222 e. The number of thiophene rings is 1. The van der Waals surface area contributed by atoms with Crippen LogP contribution in [0, 0.1) is 0 Å². The van der Waals surface area contributed by atoms with Crippen molar-refractivity contribution < 1.29 is 4.74 Å². The maximum atomic E-state index is 5.95. The molecule has 0 amide bonds. The Morgan fingerprint density at radius 3 is 2.91 bits per heavy atom. The van der Waals surface area contributed by atoms with Crippen LogP contribution in [-0.4, -0.2) is 22.3 Å². The number of nitrogens with zero attached hydrogens (tertiary/aromatic N) is 2. The Hall–Kier alpha value is -1.37. The highest BCUT2D eigenvalue weighted by Crippen LogP contribution is 2.30. The molecule has 0 unspecified atom stereocenters. The molecule has 3 rings (SSSR count). The van der Waals surface area contributed by atoms with Gasteiger partial charge in [0.05, 0.1) is 22.7 Å². The van der Waals surface area contributed by atoms with E-state index in [1.54, 1.807) is 24.6 Å². The van der Waals surface area contributed by atoms with E-state index in [9.17, 15) is 0 Å². The largest absolute Gasteiger partial charge is 0.481 e. The van der Waals surface area contributed by atoms with Gasteiger partial charge in [-0.1, -0.05) is 11.6 Å². The molecule has 0 aliphatic carbocycles. The summed E-state index contributed by atoms with van der Waals surface area (Å²) >= 11 is 11.0. The zero-order chi connectivity index (χ0) is 15.5. The van der Waals surface area contributed by atoms with Crippen molar-refractivity contribution in [3.63, 3.8) is 0 Å². The van der Waals surface area contributed by atoms with Gasteiger partial charge in [0.25, 0.3) is 0 Å². The molecule has 3 aromatic heterocycles. The number of aryl methyl sites for hydroxylation is 2. The van der Waals surface area contributed by atoms with Gasteiger partial charge in [0.15, 0.2) is 0 Å². The van der Waals surface area contributed by atoms with Gasteiger partial charge in [-0.15, -0.1) is 11.3 Å². The highest BCUT2D eigenvalue weighted by atomic mass is 79.9. The van der Waals surface area contributed by atoms with E-state index in [2.05, 4.69) is 37.2 Å². The Balaban J connectivity index is 1.77. The van der Waals surface area contributed by atoms with E-state index in [4.69, 9.17) is 16.3 Å². The van der Waals surface area contributed by atoms with Crippen molar-refractivity contribution in [3.05, 3.63) is 49.8 Å². The van der Waals surface area contributed by atoms with Gasteiger partial charge in [-0.3, -0.25) is 5.10 Å². The first-order valence-electron chi connectivity index (χ1n) is 6.64. The first-order valence-corrected chi connectivity index (χ1v) is 8.63. The lowest BCUT2D eigenvalue weighted by molar-refractivity contribution is 0.399. The van der Waals surface area contributed by atoms with E-state index in [0.717, 1.165) is 38.6 Å². The lowest BCUT2D eigenvalue weighted by Gasteiger charge is -2.04. The number of H-pyrrole nitrogens is 1. The Kier molecular flexibility index (Phi) is 4.81. The summed E-state index contributed by atoms with van der Waals surface area (Å²) in [4.78, 5) is 5.51. The molecule has 114 valence electrons. The zero-order valence-electron chi connectivity index (χ0n) is 11.8. The normalized spacial score (nSPS) is 10.9. The van der Waals surface area contributed by atoms with Gasteiger partial charge in [0.1, 0.15) is 0 Å². The Morgan fingerprint density at radius 2 is 2.18 bits per heavy atom. The predicted molar refractivity (Wildman–Crippen MR) is 92.8 cm³/mol. The van der Waals surface area contributed by atoms with Crippen molar-refractivity contribution in [1.82, 2.24) is 15.2 Å². The molecule has 0 atom stereocenters. The number of ether oxygens (including phenoxy) is 1. The van der Waals surface area contributed by atoms with Crippen LogP contribution in [0.25, 0.3) is 11.3 Å². The summed E-state index contributed by atoms with van der Waals surface area (Å²) in [6, 6.07) is 7.97. The van der Waals surface area contributed by atoms with Crippen molar-refractivity contribution in [1.29, 1.82) is 0 Å². The number of nitrogens with one attached hydrogen (secondary N) is 1. The van der Waals surface area contributed by atoms with Gasteiger partial charge in [0.2, 0.25) is 5.88 Å². The summed E-state index contributed by atoms with van der Waals surface area (Å²) in [5, 5.41) is 7.44. The average Bonchev–Trinajstić information content (AvgIpc) is 3.14. The molecule has 0 spiro atoms. The summed E-state index contributed by atoms with van der Waals surface area (Å²) in [6.07, 6.45) is 3.52. The van der Waals surface area contributed by atoms with E-state index >= 15 is 0 Å². The molecule has 3 heterocycles. The fourth-order valence-electron chi connectivity index (χ4n) is 2.14. The van der Waals surface area contributed by atoms with Crippen LogP contribution in [0.15, 0.2) is 34.9 Å². The van der Waals surface area contributed by atoms with Crippen LogP contribution < -0.4 is 4.74 Å². The molecular weight excluding hydrogens is 386 g/mol. The minimum Gasteiger partial charge on any atom is -0.481 e. The number of hydrogen-bond donors (Lipinski definition) is 1. The van der Waals surface area contributed by atoms with Crippen molar-refractivity contribution in [3.8, 4) is 17.1 Å². The number of pyridine rings is 1. The molecule has 0 fully saturated rings. The minimum absolute atomic E-state index is 0.561. The van der Waals surface area contributed by atoms with Crippen molar-refractivity contribution in [2.75, 3.05) is 7.11 Å². The zero-order valence-corrected chi connectivity index (χ0v) is 14.9. The van der Waals surface area contributed by atoms with E-state index in [1.165, 1.54) is 4.88 Å². The molecule has 0 saturated carbocycles. The Labute approximate surface area is 145 Å². The predicted octanol–water partition coefficient (Wildman–Crippen LogP) is 4.74. The van der Waals surface area contributed by atoms with Gasteiger partial charge in [-0.25, -0.2) is 4.98 Å². The van der Waals surface area contributed by atoms with Gasteiger partial charge in [-0.2, -0.15) is 5.10 Å². The van der Waals surface area contributed by atoms with Crippen LogP contribution in [0.5, 0.6) is 5.88 Å². The molecule has 0 radical (unpaired) electrons. The van der Waals surface area contributed by atoms with Crippen LogP contribution in [-0.2, 0) is 12.8 Å². The van der Waals surface area contributed by atoms with E-state index in [0.29, 0.717) is 5.88 Å². The second-order valence-electron chi connectivity index (χ2n) is 4.69. The van der Waals surface area contributed by atoms with E-state index in [-0.39, 0.29) is 0 Å². The standard InChI is InChI=1S/C15H13BrClN3OS/c1-21-15-12(6-9(16)8-18-15)13-7-10(19-20-13)2-3-11-4-5-14(17)22-11/h4-8H,2-3H2,1H3,(H,19,20). The van der Waals surface area contributed by atoms with Gasteiger partial charge in [0, 0.05) is 21.2 Å². The summed E-state index contributed by atoms with van der Waals surface area (Å²) < 4.78 is 7.01. The molecule has 7 heteroatoms. The summed E-state index contributed by atoms with van der Waals surface area (Å²) in [6.45, 7) is 0. The summed E-state index contributed by atoms with van der Waals surface area (Å²) in [5.41, 5.74) is 2.75. The van der Waals surface area contributed by atoms with Crippen molar-refractivity contribution >= 4 is 38.9 Å². The highest BCUT2D eigenvalue weighted by Gasteiger charge is 2.12. The van der Waals surface area contributed by atoms with E-state index in [1.807, 2.05) is 18.2 Å².